The molecule has 2 N–H and O–H groups in total. The van der Waals surface area contributed by atoms with Crippen LogP contribution in [-0.2, 0) is 17.6 Å². The zero-order valence-electron chi connectivity index (χ0n) is 12.9. The van der Waals surface area contributed by atoms with Crippen LogP contribution < -0.4 is 15.4 Å². The van der Waals surface area contributed by atoms with Gasteiger partial charge in [-0.2, -0.15) is 0 Å². The lowest BCUT2D eigenvalue weighted by molar-refractivity contribution is -0.127. The molecule has 2 heterocycles. The van der Waals surface area contributed by atoms with Crippen molar-refractivity contribution in [1.82, 2.24) is 10.6 Å². The average Bonchev–Trinajstić information content (AvgIpc) is 3.04. The molecule has 4 nitrogen and oxygen atoms in total. The third-order valence-electron chi connectivity index (χ3n) is 4.64. The van der Waals surface area contributed by atoms with Crippen LogP contribution >= 0.6 is 0 Å². The minimum Gasteiger partial charge on any atom is -0.480 e. The number of carbonyl (C=O) groups excluding carboxylic acids is 1. The monoisotopic (exact) mass is 308 g/mol. The number of nitrogens with one attached hydrogen (secondary N) is 2. The second-order valence-electron chi connectivity index (χ2n) is 6.12. The Morgan fingerprint density at radius 3 is 2.78 bits per heavy atom. The lowest BCUT2D eigenvalue weighted by atomic mass is 9.94. The summed E-state index contributed by atoms with van der Waals surface area (Å²) in [4.78, 5) is 12.4. The van der Waals surface area contributed by atoms with Crippen LogP contribution in [0.4, 0.5) is 0 Å². The van der Waals surface area contributed by atoms with Crippen molar-refractivity contribution in [2.24, 2.45) is 0 Å². The number of amides is 1. The van der Waals surface area contributed by atoms with Gasteiger partial charge < -0.3 is 15.4 Å². The van der Waals surface area contributed by atoms with Crippen LogP contribution in [0.15, 0.2) is 48.5 Å². The lowest BCUT2D eigenvalue weighted by Crippen LogP contribution is -2.43. The van der Waals surface area contributed by atoms with Gasteiger partial charge in [0.15, 0.2) is 6.10 Å². The van der Waals surface area contributed by atoms with Crippen LogP contribution in [-0.4, -0.2) is 25.1 Å². The molecule has 0 saturated heterocycles. The molecule has 118 valence electrons. The Balaban J connectivity index is 1.38. The van der Waals surface area contributed by atoms with E-state index in [9.17, 15) is 4.79 Å². The number of benzene rings is 2. The summed E-state index contributed by atoms with van der Waals surface area (Å²) < 4.78 is 5.75. The molecule has 2 atom stereocenters. The quantitative estimate of drug-likeness (QED) is 0.912. The van der Waals surface area contributed by atoms with E-state index in [-0.39, 0.29) is 11.9 Å². The van der Waals surface area contributed by atoms with E-state index in [2.05, 4.69) is 34.9 Å². The zero-order chi connectivity index (χ0) is 15.6. The minimum absolute atomic E-state index is 0.0361. The third-order valence-corrected chi connectivity index (χ3v) is 4.64. The van der Waals surface area contributed by atoms with Gasteiger partial charge in [0, 0.05) is 19.0 Å². The fourth-order valence-electron chi connectivity index (χ4n) is 3.42. The number of fused-ring (bicyclic) bond motifs is 2. The second kappa shape index (κ2) is 6.05. The highest BCUT2D eigenvalue weighted by Gasteiger charge is 2.29. The van der Waals surface area contributed by atoms with Crippen LogP contribution in [0.1, 0.15) is 22.7 Å². The van der Waals surface area contributed by atoms with Crippen LogP contribution in [0.2, 0.25) is 0 Å². The molecule has 0 saturated carbocycles. The van der Waals surface area contributed by atoms with E-state index < -0.39 is 6.10 Å². The highest BCUT2D eigenvalue weighted by atomic mass is 16.5. The van der Waals surface area contributed by atoms with Crippen molar-refractivity contribution >= 4 is 5.91 Å². The van der Waals surface area contributed by atoms with Gasteiger partial charge in [0.05, 0.1) is 0 Å². The predicted octanol–water partition coefficient (Wildman–Crippen LogP) is 1.99. The Bertz CT molecular complexity index is 704. The lowest BCUT2D eigenvalue weighted by Gasteiger charge is -2.27. The Hall–Kier alpha value is -2.33. The van der Waals surface area contributed by atoms with E-state index >= 15 is 0 Å². The van der Waals surface area contributed by atoms with Gasteiger partial charge in [-0.05, 0) is 35.7 Å². The van der Waals surface area contributed by atoms with Crippen molar-refractivity contribution < 1.29 is 9.53 Å². The standard InChI is InChI=1S/C19H20N2O2/c22-19(18-11-14-6-2-4-8-17(14)23-18)21-12-16-15-7-3-1-5-13(15)9-10-20-16/h1-8,16,18,20H,9-12H2,(H,21,22). The van der Waals surface area contributed by atoms with E-state index in [1.807, 2.05) is 24.3 Å². The SMILES string of the molecule is O=C(NCC1NCCc2ccccc21)C1Cc2ccccc2O1. The molecule has 0 aromatic heterocycles. The molecule has 2 aromatic carbocycles. The van der Waals surface area contributed by atoms with Crippen molar-refractivity contribution in [3.63, 3.8) is 0 Å². The zero-order valence-corrected chi connectivity index (χ0v) is 12.9. The normalized spacial score (nSPS) is 21.9. The van der Waals surface area contributed by atoms with E-state index in [1.165, 1.54) is 11.1 Å². The fourth-order valence-corrected chi connectivity index (χ4v) is 3.42. The Morgan fingerprint density at radius 2 is 1.91 bits per heavy atom. The molecule has 4 heteroatoms. The molecule has 2 aliphatic rings. The summed E-state index contributed by atoms with van der Waals surface area (Å²) in [7, 11) is 0. The number of hydrogen-bond acceptors (Lipinski definition) is 3. The Labute approximate surface area is 135 Å². The van der Waals surface area contributed by atoms with Crippen molar-refractivity contribution in [1.29, 1.82) is 0 Å². The molecule has 0 spiro atoms. The van der Waals surface area contributed by atoms with Gasteiger partial charge in [-0.25, -0.2) is 0 Å². The summed E-state index contributed by atoms with van der Waals surface area (Å²) in [5.74, 6) is 0.792. The van der Waals surface area contributed by atoms with Crippen molar-refractivity contribution in [3.05, 3.63) is 65.2 Å². The van der Waals surface area contributed by atoms with Crippen LogP contribution in [0.3, 0.4) is 0 Å². The smallest absolute Gasteiger partial charge is 0.261 e. The van der Waals surface area contributed by atoms with Crippen LogP contribution in [0, 0.1) is 0 Å². The molecule has 0 aliphatic carbocycles. The van der Waals surface area contributed by atoms with E-state index in [0.717, 1.165) is 24.3 Å². The van der Waals surface area contributed by atoms with Gasteiger partial charge >= 0.3 is 0 Å². The molecule has 1 amide bonds. The predicted molar refractivity (Wildman–Crippen MR) is 88.5 cm³/mol. The number of hydrogen-bond donors (Lipinski definition) is 2. The van der Waals surface area contributed by atoms with Crippen LogP contribution in [0.25, 0.3) is 0 Å². The number of para-hydroxylation sites is 1. The summed E-state index contributed by atoms with van der Waals surface area (Å²) in [6.07, 6.45) is 1.28. The van der Waals surface area contributed by atoms with Gasteiger partial charge in [-0.3, -0.25) is 4.79 Å². The third kappa shape index (κ3) is 2.82. The van der Waals surface area contributed by atoms with Gasteiger partial charge in [-0.1, -0.05) is 42.5 Å². The molecule has 2 aromatic rings. The first kappa shape index (κ1) is 14.3. The largest absolute Gasteiger partial charge is 0.480 e. The Kier molecular flexibility index (Phi) is 3.75. The molecule has 2 unspecified atom stereocenters. The summed E-state index contributed by atoms with van der Waals surface area (Å²) in [6.45, 7) is 1.54. The average molecular weight is 308 g/mol. The van der Waals surface area contributed by atoms with Crippen LogP contribution in [0.5, 0.6) is 5.75 Å². The first-order chi connectivity index (χ1) is 11.3. The van der Waals surface area contributed by atoms with Crippen molar-refractivity contribution in [3.8, 4) is 5.75 Å². The maximum absolute atomic E-state index is 12.4. The number of ether oxygens (including phenoxy) is 1. The van der Waals surface area contributed by atoms with Crippen molar-refractivity contribution in [2.45, 2.75) is 25.0 Å². The van der Waals surface area contributed by atoms with Gasteiger partial charge in [-0.15, -0.1) is 0 Å². The van der Waals surface area contributed by atoms with Gasteiger partial charge in [0.25, 0.3) is 5.91 Å². The number of carbonyl (C=O) groups is 1. The molecular formula is C19H20N2O2. The topological polar surface area (TPSA) is 50.4 Å². The minimum atomic E-state index is -0.411. The summed E-state index contributed by atoms with van der Waals surface area (Å²) in [5.41, 5.74) is 3.76. The summed E-state index contributed by atoms with van der Waals surface area (Å²) in [5, 5.41) is 6.53. The highest BCUT2D eigenvalue weighted by molar-refractivity contribution is 5.82. The molecule has 0 fully saturated rings. The first-order valence-corrected chi connectivity index (χ1v) is 8.15. The van der Waals surface area contributed by atoms with Gasteiger partial charge in [0.1, 0.15) is 5.75 Å². The van der Waals surface area contributed by atoms with E-state index in [4.69, 9.17) is 4.74 Å². The molecule has 2 aliphatic heterocycles. The highest BCUT2D eigenvalue weighted by Crippen LogP contribution is 2.28. The molecule has 23 heavy (non-hydrogen) atoms. The molecular weight excluding hydrogens is 288 g/mol. The summed E-state index contributed by atoms with van der Waals surface area (Å²) >= 11 is 0. The Morgan fingerprint density at radius 1 is 1.13 bits per heavy atom. The maximum Gasteiger partial charge on any atom is 0.261 e. The molecule has 0 radical (unpaired) electrons. The summed E-state index contributed by atoms with van der Waals surface area (Å²) in [6, 6.07) is 16.5. The number of rotatable bonds is 3. The van der Waals surface area contributed by atoms with Gasteiger partial charge in [0.2, 0.25) is 0 Å². The van der Waals surface area contributed by atoms with Crippen molar-refractivity contribution in [2.75, 3.05) is 13.1 Å². The molecule has 4 rings (SSSR count). The van der Waals surface area contributed by atoms with E-state index in [1.54, 1.807) is 0 Å². The maximum atomic E-state index is 12.4. The fraction of sp³-hybridized carbons (Fsp3) is 0.316. The second-order valence-corrected chi connectivity index (χ2v) is 6.12. The molecule has 0 bridgehead atoms. The van der Waals surface area contributed by atoms with E-state index in [0.29, 0.717) is 13.0 Å². The first-order valence-electron chi connectivity index (χ1n) is 8.15.